The Morgan fingerprint density at radius 1 is 1.07 bits per heavy atom. The number of hydrogen-bond acceptors (Lipinski definition) is 5. The van der Waals surface area contributed by atoms with Crippen LogP contribution >= 0.6 is 0 Å². The third-order valence-electron chi connectivity index (χ3n) is 3.88. The van der Waals surface area contributed by atoms with E-state index in [4.69, 9.17) is 18.9 Å². The van der Waals surface area contributed by atoms with Crippen molar-refractivity contribution in [2.75, 3.05) is 34.5 Å². The smallest absolute Gasteiger partial charge is 0.251 e. The first-order valence-corrected chi connectivity index (χ1v) is 8.53. The van der Waals surface area contributed by atoms with Crippen LogP contribution in [0.5, 0.6) is 23.0 Å². The number of ether oxygens (including phenoxy) is 4. The van der Waals surface area contributed by atoms with Crippen LogP contribution in [0, 0.1) is 0 Å². The largest absolute Gasteiger partial charge is 0.497 e. The highest BCUT2D eigenvalue weighted by Gasteiger charge is 2.15. The molecule has 0 aromatic heterocycles. The van der Waals surface area contributed by atoms with E-state index in [2.05, 4.69) is 11.9 Å². The first kappa shape index (κ1) is 20.2. The van der Waals surface area contributed by atoms with Gasteiger partial charge in [0.1, 0.15) is 18.1 Å². The van der Waals surface area contributed by atoms with Crippen LogP contribution in [-0.2, 0) is 6.42 Å². The molecule has 27 heavy (non-hydrogen) atoms. The predicted molar refractivity (Wildman–Crippen MR) is 104 cm³/mol. The lowest BCUT2D eigenvalue weighted by atomic mass is 10.0. The quantitative estimate of drug-likeness (QED) is 0.513. The number of benzene rings is 2. The maximum absolute atomic E-state index is 12.5. The molecule has 0 fully saturated rings. The van der Waals surface area contributed by atoms with Crippen molar-refractivity contribution >= 4 is 5.91 Å². The molecule has 2 aromatic rings. The van der Waals surface area contributed by atoms with E-state index in [0.717, 1.165) is 11.3 Å². The fourth-order valence-corrected chi connectivity index (χ4v) is 2.61. The summed E-state index contributed by atoms with van der Waals surface area (Å²) in [6.45, 7) is 4.44. The summed E-state index contributed by atoms with van der Waals surface area (Å²) in [5, 5.41) is 2.84. The lowest BCUT2D eigenvalue weighted by Gasteiger charge is -2.14. The minimum atomic E-state index is -0.212. The van der Waals surface area contributed by atoms with Crippen LogP contribution in [0.2, 0.25) is 0 Å². The normalized spacial score (nSPS) is 10.0. The Morgan fingerprint density at radius 3 is 2.52 bits per heavy atom. The molecule has 0 aliphatic heterocycles. The van der Waals surface area contributed by atoms with Crippen molar-refractivity contribution in [3.63, 3.8) is 0 Å². The van der Waals surface area contributed by atoms with Gasteiger partial charge in [-0.2, -0.15) is 0 Å². The number of rotatable bonds is 10. The molecule has 0 unspecified atom stereocenters. The molecule has 0 aliphatic rings. The van der Waals surface area contributed by atoms with Crippen LogP contribution in [0.25, 0.3) is 0 Å². The van der Waals surface area contributed by atoms with Gasteiger partial charge in [-0.25, -0.2) is 0 Å². The van der Waals surface area contributed by atoms with Crippen molar-refractivity contribution < 1.29 is 23.7 Å². The molecule has 6 nitrogen and oxygen atoms in total. The fourth-order valence-electron chi connectivity index (χ4n) is 2.61. The highest BCUT2D eigenvalue weighted by Crippen LogP contribution is 2.33. The first-order chi connectivity index (χ1) is 13.1. The summed E-state index contributed by atoms with van der Waals surface area (Å²) in [5.41, 5.74) is 1.33. The van der Waals surface area contributed by atoms with Crippen molar-refractivity contribution in [1.29, 1.82) is 0 Å². The average Bonchev–Trinajstić information content (AvgIpc) is 2.70. The molecule has 0 saturated heterocycles. The Balaban J connectivity index is 1.98. The molecule has 1 N–H and O–H groups in total. The lowest BCUT2D eigenvalue weighted by Crippen LogP contribution is -2.28. The van der Waals surface area contributed by atoms with Gasteiger partial charge in [-0.15, -0.1) is 6.58 Å². The summed E-state index contributed by atoms with van der Waals surface area (Å²) in [5.74, 6) is 2.31. The molecule has 0 bridgehead atoms. The molecule has 0 atom stereocenters. The van der Waals surface area contributed by atoms with Crippen LogP contribution < -0.4 is 24.3 Å². The third-order valence-corrected chi connectivity index (χ3v) is 3.88. The van der Waals surface area contributed by atoms with E-state index in [1.54, 1.807) is 45.6 Å². The maximum Gasteiger partial charge on any atom is 0.251 e. The fraction of sp³-hybridized carbons (Fsp3) is 0.286. The SMILES string of the molecule is C=CCc1cc(C(=O)NCCOc2cccc(OC)c2)cc(OC)c1OC. The number of methoxy groups -OCH3 is 3. The minimum absolute atomic E-state index is 0.212. The highest BCUT2D eigenvalue weighted by atomic mass is 16.5. The van der Waals surface area contributed by atoms with Gasteiger partial charge in [-0.3, -0.25) is 4.79 Å². The second-order valence-electron chi connectivity index (χ2n) is 5.65. The van der Waals surface area contributed by atoms with E-state index < -0.39 is 0 Å². The van der Waals surface area contributed by atoms with Crippen molar-refractivity contribution in [2.45, 2.75) is 6.42 Å². The van der Waals surface area contributed by atoms with Gasteiger partial charge in [-0.1, -0.05) is 12.1 Å². The molecule has 144 valence electrons. The molecule has 0 heterocycles. The molecular formula is C21H25NO5. The van der Waals surface area contributed by atoms with Gasteiger partial charge in [0.15, 0.2) is 11.5 Å². The molecule has 1 amide bonds. The molecule has 6 heteroatoms. The van der Waals surface area contributed by atoms with E-state index in [9.17, 15) is 4.79 Å². The summed E-state index contributed by atoms with van der Waals surface area (Å²) in [6.07, 6.45) is 2.32. The van der Waals surface area contributed by atoms with Crippen LogP contribution in [0.4, 0.5) is 0 Å². The molecule has 0 radical (unpaired) electrons. The monoisotopic (exact) mass is 371 g/mol. The number of amides is 1. The predicted octanol–water partition coefficient (Wildman–Crippen LogP) is 3.25. The van der Waals surface area contributed by atoms with E-state index in [-0.39, 0.29) is 5.91 Å². The zero-order valence-corrected chi connectivity index (χ0v) is 15.9. The van der Waals surface area contributed by atoms with Crippen LogP contribution in [0.15, 0.2) is 49.1 Å². The molecule has 0 saturated carbocycles. The second kappa shape index (κ2) is 10.1. The Labute approximate surface area is 159 Å². The molecule has 0 aliphatic carbocycles. The van der Waals surface area contributed by atoms with E-state index in [1.807, 2.05) is 18.2 Å². The van der Waals surface area contributed by atoms with Gasteiger partial charge >= 0.3 is 0 Å². The van der Waals surface area contributed by atoms with E-state index in [1.165, 1.54) is 0 Å². The van der Waals surface area contributed by atoms with E-state index in [0.29, 0.717) is 42.4 Å². The zero-order valence-electron chi connectivity index (χ0n) is 15.9. The Kier molecular flexibility index (Phi) is 7.55. The Bertz CT molecular complexity index is 788. The lowest BCUT2D eigenvalue weighted by molar-refractivity contribution is 0.0946. The third kappa shape index (κ3) is 5.41. The van der Waals surface area contributed by atoms with Gasteiger partial charge in [0.2, 0.25) is 0 Å². The van der Waals surface area contributed by atoms with Crippen molar-refractivity contribution in [2.24, 2.45) is 0 Å². The van der Waals surface area contributed by atoms with Gasteiger partial charge in [0.25, 0.3) is 5.91 Å². The number of carbonyl (C=O) groups excluding carboxylic acids is 1. The number of carbonyl (C=O) groups is 1. The number of hydrogen-bond donors (Lipinski definition) is 1. The topological polar surface area (TPSA) is 66.0 Å². The van der Waals surface area contributed by atoms with Crippen LogP contribution in [0.3, 0.4) is 0 Å². The Morgan fingerprint density at radius 2 is 1.85 bits per heavy atom. The standard InChI is InChI=1S/C21H25NO5/c1-5-7-15-12-16(13-19(25-3)20(15)26-4)21(23)22-10-11-27-18-9-6-8-17(14-18)24-2/h5-6,8-9,12-14H,1,7,10-11H2,2-4H3,(H,22,23). The van der Waals surface area contributed by atoms with Gasteiger partial charge < -0.3 is 24.3 Å². The second-order valence-corrected chi connectivity index (χ2v) is 5.65. The summed E-state index contributed by atoms with van der Waals surface area (Å²) in [7, 11) is 4.71. The molecule has 2 aromatic carbocycles. The molecule has 2 rings (SSSR count). The Hall–Kier alpha value is -3.15. The minimum Gasteiger partial charge on any atom is -0.497 e. The number of nitrogens with one attached hydrogen (secondary N) is 1. The summed E-state index contributed by atoms with van der Waals surface area (Å²) in [4.78, 5) is 12.5. The van der Waals surface area contributed by atoms with Crippen molar-refractivity contribution in [3.05, 3.63) is 60.2 Å². The highest BCUT2D eigenvalue weighted by molar-refractivity contribution is 5.95. The summed E-state index contributed by atoms with van der Waals surface area (Å²) >= 11 is 0. The maximum atomic E-state index is 12.5. The van der Waals surface area contributed by atoms with E-state index >= 15 is 0 Å². The van der Waals surface area contributed by atoms with Crippen molar-refractivity contribution in [1.82, 2.24) is 5.32 Å². The zero-order chi connectivity index (χ0) is 19.6. The summed E-state index contributed by atoms with van der Waals surface area (Å²) < 4.78 is 21.5. The molecular weight excluding hydrogens is 346 g/mol. The van der Waals surface area contributed by atoms with Crippen LogP contribution in [-0.4, -0.2) is 40.4 Å². The summed E-state index contributed by atoms with van der Waals surface area (Å²) in [6, 6.07) is 10.7. The molecule has 0 spiro atoms. The van der Waals surface area contributed by atoms with Gasteiger partial charge in [0, 0.05) is 17.2 Å². The van der Waals surface area contributed by atoms with Gasteiger partial charge in [0.05, 0.1) is 27.9 Å². The van der Waals surface area contributed by atoms with Gasteiger partial charge in [-0.05, 0) is 30.7 Å². The number of allylic oxidation sites excluding steroid dienone is 1. The van der Waals surface area contributed by atoms with Crippen molar-refractivity contribution in [3.8, 4) is 23.0 Å². The average molecular weight is 371 g/mol. The first-order valence-electron chi connectivity index (χ1n) is 8.53. The van der Waals surface area contributed by atoms with Crippen LogP contribution in [0.1, 0.15) is 15.9 Å².